The van der Waals surface area contributed by atoms with Crippen molar-refractivity contribution in [3.63, 3.8) is 0 Å². The number of primary sulfonamides is 1. The summed E-state index contributed by atoms with van der Waals surface area (Å²) < 4.78 is 72.6. The molecule has 12 heteroatoms. The number of ether oxygens (including phenoxy) is 2. The van der Waals surface area contributed by atoms with Gasteiger partial charge in [-0.3, -0.25) is 4.79 Å². The molecule has 9 nitrogen and oxygen atoms in total. The molecule has 0 unspecified atom stereocenters. The largest absolute Gasteiger partial charge is 0.490 e. The molecule has 2 aromatic carbocycles. The van der Waals surface area contributed by atoms with E-state index in [1.54, 1.807) is 0 Å². The first-order valence-corrected chi connectivity index (χ1v) is 12.7. The van der Waals surface area contributed by atoms with E-state index in [2.05, 4.69) is 0 Å². The summed E-state index contributed by atoms with van der Waals surface area (Å²) in [6.07, 6.45) is 0.629. The van der Waals surface area contributed by atoms with Gasteiger partial charge in [0.1, 0.15) is 24.8 Å². The molecule has 1 aliphatic heterocycles. The highest BCUT2D eigenvalue weighted by molar-refractivity contribution is 7.89. The van der Waals surface area contributed by atoms with Crippen LogP contribution in [-0.4, -0.2) is 53.4 Å². The van der Waals surface area contributed by atoms with E-state index in [1.807, 2.05) is 0 Å². The first-order valence-electron chi connectivity index (χ1n) is 9.75. The summed E-state index contributed by atoms with van der Waals surface area (Å²) in [5.41, 5.74) is 0. The summed E-state index contributed by atoms with van der Waals surface area (Å²) in [5.74, 6) is -0.983. The molecule has 0 bridgehead atoms. The summed E-state index contributed by atoms with van der Waals surface area (Å²) in [5, 5.41) is 5.02. The Morgan fingerprint density at radius 1 is 0.938 bits per heavy atom. The van der Waals surface area contributed by atoms with Gasteiger partial charge in [0.15, 0.2) is 0 Å². The third-order valence-electron chi connectivity index (χ3n) is 4.99. The topological polar surface area (TPSA) is 133 Å². The molecular formula is C20H23FN2O7S2. The predicted molar refractivity (Wildman–Crippen MR) is 112 cm³/mol. The van der Waals surface area contributed by atoms with Gasteiger partial charge in [0.05, 0.1) is 15.7 Å². The lowest BCUT2D eigenvalue weighted by Crippen LogP contribution is -2.40. The molecule has 0 atom stereocenters. The van der Waals surface area contributed by atoms with Crippen LogP contribution >= 0.6 is 0 Å². The van der Waals surface area contributed by atoms with E-state index >= 15 is 0 Å². The van der Waals surface area contributed by atoms with E-state index in [9.17, 15) is 26.0 Å². The minimum absolute atomic E-state index is 0.00849. The fraction of sp³-hybridized carbons (Fsp3) is 0.350. The smallest absolute Gasteiger partial charge is 0.309 e. The summed E-state index contributed by atoms with van der Waals surface area (Å²) in [6.45, 7) is 0.376. The van der Waals surface area contributed by atoms with Gasteiger partial charge in [0.25, 0.3) is 0 Å². The lowest BCUT2D eigenvalue weighted by atomic mass is 9.98. The third kappa shape index (κ3) is 6.03. The molecule has 32 heavy (non-hydrogen) atoms. The van der Waals surface area contributed by atoms with E-state index in [1.165, 1.54) is 40.7 Å². The van der Waals surface area contributed by atoms with E-state index in [0.29, 0.717) is 18.6 Å². The fourth-order valence-corrected chi connectivity index (χ4v) is 5.22. The fourth-order valence-electron chi connectivity index (χ4n) is 3.23. The molecule has 0 aliphatic carbocycles. The molecule has 0 aromatic heterocycles. The molecule has 2 N–H and O–H groups in total. The quantitative estimate of drug-likeness (QED) is 0.441. The zero-order chi connectivity index (χ0) is 23.4. The van der Waals surface area contributed by atoms with Crippen molar-refractivity contribution in [3.05, 3.63) is 54.3 Å². The van der Waals surface area contributed by atoms with Crippen molar-refractivity contribution in [2.24, 2.45) is 11.1 Å². The van der Waals surface area contributed by atoms with E-state index < -0.39 is 37.8 Å². The number of benzene rings is 2. The molecule has 2 aromatic rings. The number of carbonyl (C=O) groups is 1. The average molecular weight is 487 g/mol. The minimum atomic E-state index is -3.78. The number of hydrogen-bond acceptors (Lipinski definition) is 7. The van der Waals surface area contributed by atoms with Crippen LogP contribution in [0.3, 0.4) is 0 Å². The average Bonchev–Trinajstić information content (AvgIpc) is 2.76. The third-order valence-corrected chi connectivity index (χ3v) is 7.83. The van der Waals surface area contributed by atoms with Crippen LogP contribution in [0.5, 0.6) is 5.75 Å². The Morgan fingerprint density at radius 2 is 1.50 bits per heavy atom. The molecule has 1 aliphatic rings. The van der Waals surface area contributed by atoms with Gasteiger partial charge in [0.2, 0.25) is 20.0 Å². The lowest BCUT2D eigenvalue weighted by molar-refractivity contribution is -0.150. The van der Waals surface area contributed by atoms with Crippen LogP contribution in [-0.2, 0) is 29.6 Å². The highest BCUT2D eigenvalue weighted by Gasteiger charge is 2.32. The van der Waals surface area contributed by atoms with E-state index in [4.69, 9.17) is 14.6 Å². The Morgan fingerprint density at radius 3 is 2.06 bits per heavy atom. The summed E-state index contributed by atoms with van der Waals surface area (Å²) >= 11 is 0. The highest BCUT2D eigenvalue weighted by Crippen LogP contribution is 2.25. The van der Waals surface area contributed by atoms with Crippen LogP contribution in [0.25, 0.3) is 0 Å². The molecule has 0 saturated carbocycles. The van der Waals surface area contributed by atoms with E-state index in [0.717, 1.165) is 12.1 Å². The van der Waals surface area contributed by atoms with Gasteiger partial charge in [-0.25, -0.2) is 26.4 Å². The van der Waals surface area contributed by atoms with Crippen LogP contribution in [0.2, 0.25) is 0 Å². The number of sulfonamides is 2. The summed E-state index contributed by atoms with van der Waals surface area (Å²) in [6, 6.07) is 10.1. The maximum atomic E-state index is 13.0. The molecule has 0 spiro atoms. The van der Waals surface area contributed by atoms with Crippen molar-refractivity contribution in [3.8, 4) is 5.75 Å². The van der Waals surface area contributed by atoms with E-state index in [-0.39, 0.29) is 36.1 Å². The molecule has 3 rings (SSSR count). The number of carbonyl (C=O) groups excluding carboxylic acids is 1. The Hall–Kier alpha value is -2.54. The number of hydrogen-bond donors (Lipinski definition) is 1. The minimum Gasteiger partial charge on any atom is -0.490 e. The van der Waals surface area contributed by atoms with Gasteiger partial charge in [-0.2, -0.15) is 4.31 Å². The van der Waals surface area contributed by atoms with Crippen molar-refractivity contribution in [1.29, 1.82) is 0 Å². The van der Waals surface area contributed by atoms with Crippen molar-refractivity contribution in [2.75, 3.05) is 26.3 Å². The standard InChI is InChI=1S/C20H23FN2O7S2/c21-16-1-5-19(6-2-16)32(27,28)23-11-9-15(10-12-23)20(24)30-14-13-29-17-3-7-18(8-4-17)31(22,25)26/h1-8,15H,9-14H2,(H2,22,25,26). The zero-order valence-electron chi connectivity index (χ0n) is 17.0. The van der Waals surface area contributed by atoms with Crippen molar-refractivity contribution < 1.29 is 35.5 Å². The van der Waals surface area contributed by atoms with Gasteiger partial charge in [0, 0.05) is 13.1 Å². The van der Waals surface area contributed by atoms with Crippen LogP contribution < -0.4 is 9.88 Å². The van der Waals surface area contributed by atoms with Gasteiger partial charge in [-0.15, -0.1) is 0 Å². The number of nitrogens with zero attached hydrogens (tertiary/aromatic N) is 1. The van der Waals surface area contributed by atoms with Crippen molar-refractivity contribution >= 4 is 26.0 Å². The molecule has 1 heterocycles. The second-order valence-corrected chi connectivity index (χ2v) is 10.7. The zero-order valence-corrected chi connectivity index (χ0v) is 18.6. The molecule has 174 valence electrons. The summed E-state index contributed by atoms with van der Waals surface area (Å²) in [7, 11) is -7.52. The normalized spacial score (nSPS) is 15.9. The SMILES string of the molecule is NS(=O)(=O)c1ccc(OCCOC(=O)C2CCN(S(=O)(=O)c3ccc(F)cc3)CC2)cc1. The van der Waals surface area contributed by atoms with Crippen molar-refractivity contribution in [2.45, 2.75) is 22.6 Å². The predicted octanol–water partition coefficient (Wildman–Crippen LogP) is 1.50. The van der Waals surface area contributed by atoms with Crippen LogP contribution in [0.15, 0.2) is 58.3 Å². The van der Waals surface area contributed by atoms with Crippen LogP contribution in [0.4, 0.5) is 4.39 Å². The molecule has 0 amide bonds. The molecule has 0 radical (unpaired) electrons. The number of nitrogens with two attached hydrogens (primary N) is 1. The second kappa shape index (κ2) is 9.94. The Balaban J connectivity index is 1.42. The van der Waals surface area contributed by atoms with Crippen LogP contribution in [0, 0.1) is 11.7 Å². The maximum absolute atomic E-state index is 13.0. The van der Waals surface area contributed by atoms with Gasteiger partial charge in [-0.05, 0) is 61.4 Å². The first-order chi connectivity index (χ1) is 15.1. The van der Waals surface area contributed by atoms with Crippen molar-refractivity contribution in [1.82, 2.24) is 4.31 Å². The lowest BCUT2D eigenvalue weighted by Gasteiger charge is -2.30. The Bertz CT molecular complexity index is 1140. The highest BCUT2D eigenvalue weighted by atomic mass is 32.2. The first kappa shape index (κ1) is 24.1. The van der Waals surface area contributed by atoms with Gasteiger partial charge >= 0.3 is 5.97 Å². The molecule has 1 saturated heterocycles. The number of esters is 1. The number of piperidine rings is 1. The molecular weight excluding hydrogens is 463 g/mol. The van der Waals surface area contributed by atoms with Crippen LogP contribution in [0.1, 0.15) is 12.8 Å². The Labute approximate surface area is 186 Å². The molecule has 1 fully saturated rings. The van der Waals surface area contributed by atoms with Gasteiger partial charge in [-0.1, -0.05) is 0 Å². The van der Waals surface area contributed by atoms with Gasteiger partial charge < -0.3 is 9.47 Å². The Kier molecular flexibility index (Phi) is 7.49. The monoisotopic (exact) mass is 486 g/mol. The maximum Gasteiger partial charge on any atom is 0.309 e. The summed E-state index contributed by atoms with van der Waals surface area (Å²) in [4.78, 5) is 12.2. The number of rotatable bonds is 8. The number of halogens is 1. The second-order valence-electron chi connectivity index (χ2n) is 7.16.